The molecule has 174 valence electrons. The van der Waals surface area contributed by atoms with Crippen molar-refractivity contribution in [3.8, 4) is 0 Å². The highest BCUT2D eigenvalue weighted by Crippen LogP contribution is 2.62. The molecule has 3 saturated heterocycles. The van der Waals surface area contributed by atoms with Crippen LogP contribution in [0, 0.1) is 5.92 Å². The van der Waals surface area contributed by atoms with E-state index in [-0.39, 0.29) is 36.2 Å². The number of aliphatic hydroxyl groups is 2. The van der Waals surface area contributed by atoms with Crippen LogP contribution in [0.3, 0.4) is 0 Å². The summed E-state index contributed by atoms with van der Waals surface area (Å²) in [5.74, 6) is -2.86. The molecule has 0 amide bonds. The number of carbonyl (C=O) groups is 3. The molecule has 4 aliphatic heterocycles. The van der Waals surface area contributed by atoms with Crippen LogP contribution < -0.4 is 0 Å². The van der Waals surface area contributed by atoms with Crippen molar-refractivity contribution in [1.29, 1.82) is 0 Å². The van der Waals surface area contributed by atoms with Crippen LogP contribution in [0.15, 0.2) is 36.1 Å². The van der Waals surface area contributed by atoms with Crippen LogP contribution >= 0.6 is 0 Å². The lowest BCUT2D eigenvalue weighted by Crippen LogP contribution is -2.70. The Morgan fingerprint density at radius 3 is 2.62 bits per heavy atom. The van der Waals surface area contributed by atoms with E-state index in [0.29, 0.717) is 6.42 Å². The molecule has 2 bridgehead atoms. The predicted octanol–water partition coefficient (Wildman–Crippen LogP) is 1.23. The van der Waals surface area contributed by atoms with Crippen molar-refractivity contribution < 1.29 is 43.5 Å². The maximum absolute atomic E-state index is 12.9. The second-order valence-corrected chi connectivity index (χ2v) is 9.43. The van der Waals surface area contributed by atoms with Gasteiger partial charge in [-0.1, -0.05) is 20.1 Å². The normalized spacial score (nSPS) is 42.7. The van der Waals surface area contributed by atoms with Crippen LogP contribution in [0.1, 0.15) is 46.5 Å². The van der Waals surface area contributed by atoms with Crippen molar-refractivity contribution in [2.75, 3.05) is 6.61 Å². The quantitative estimate of drug-likeness (QED) is 0.371. The van der Waals surface area contributed by atoms with E-state index in [2.05, 4.69) is 13.2 Å². The summed E-state index contributed by atoms with van der Waals surface area (Å²) in [5, 5.41) is 20.3. The van der Waals surface area contributed by atoms with Gasteiger partial charge in [-0.25, -0.2) is 9.59 Å². The second-order valence-electron chi connectivity index (χ2n) is 9.43. The first-order valence-corrected chi connectivity index (χ1v) is 10.7. The Kier molecular flexibility index (Phi) is 4.97. The van der Waals surface area contributed by atoms with Crippen molar-refractivity contribution in [3.05, 3.63) is 36.1 Å². The highest BCUT2D eigenvalue weighted by Gasteiger charge is 2.76. The van der Waals surface area contributed by atoms with Gasteiger partial charge in [0, 0.05) is 6.42 Å². The van der Waals surface area contributed by atoms with Gasteiger partial charge in [0.2, 0.25) is 0 Å². The largest absolute Gasteiger partial charge is 0.456 e. The number of hydrogen-bond donors (Lipinski definition) is 2. The van der Waals surface area contributed by atoms with E-state index in [1.165, 1.54) is 6.08 Å². The van der Waals surface area contributed by atoms with E-state index in [4.69, 9.17) is 18.9 Å². The summed E-state index contributed by atoms with van der Waals surface area (Å²) in [4.78, 5) is 38.1. The molecule has 0 aromatic rings. The third-order valence-electron chi connectivity index (χ3n) is 7.28. The summed E-state index contributed by atoms with van der Waals surface area (Å²) >= 11 is 0. The van der Waals surface area contributed by atoms with E-state index in [0.717, 1.165) is 0 Å². The summed E-state index contributed by atoms with van der Waals surface area (Å²) < 4.78 is 23.6. The van der Waals surface area contributed by atoms with Gasteiger partial charge in [-0.3, -0.25) is 4.79 Å². The average molecular weight is 448 g/mol. The summed E-state index contributed by atoms with van der Waals surface area (Å²) in [6.45, 7) is 11.8. The molecular formula is C23H28O9. The average Bonchev–Trinajstić information content (AvgIpc) is 3.06. The Bertz CT molecular complexity index is 963. The fourth-order valence-corrected chi connectivity index (χ4v) is 5.50. The molecule has 3 fully saturated rings. The number of rotatable bonds is 4. The van der Waals surface area contributed by atoms with Crippen LogP contribution in [0.25, 0.3) is 0 Å². The molecule has 6 atom stereocenters. The highest BCUT2D eigenvalue weighted by molar-refractivity contribution is 5.96. The first-order valence-electron chi connectivity index (χ1n) is 10.7. The number of carbonyl (C=O) groups excluding carboxylic acids is 3. The molecule has 0 saturated carbocycles. The Morgan fingerprint density at radius 2 is 2.00 bits per heavy atom. The standard InChI is InChI=1S/C23H28O9/c1-6-14-19(27)31-21(5)10-16(29-17(25)12(2)11-24)23-13(3)18(26)30-15(23)9-20(4,28)7-8-22(14,21)32-23/h9,14,16,24,28H,2-3,6-8,10-11H2,1,4-5H3. The molecule has 0 aliphatic carbocycles. The highest BCUT2D eigenvalue weighted by atomic mass is 16.7. The first kappa shape index (κ1) is 22.7. The molecule has 9 nitrogen and oxygen atoms in total. The minimum atomic E-state index is -1.76. The van der Waals surface area contributed by atoms with Crippen molar-refractivity contribution in [1.82, 2.24) is 0 Å². The van der Waals surface area contributed by atoms with Gasteiger partial charge in [0.15, 0.2) is 5.60 Å². The van der Waals surface area contributed by atoms with Crippen LogP contribution in [-0.4, -0.2) is 63.2 Å². The molecule has 6 unspecified atom stereocenters. The SMILES string of the molecule is C=C(CO)C(=O)OC1CC2(C)OC(=O)C(CC)C23CCC(C)(O)C=C2OC(=O)C(=C)C21O3. The lowest BCUT2D eigenvalue weighted by atomic mass is 9.63. The zero-order valence-corrected chi connectivity index (χ0v) is 18.4. The Hall–Kier alpha value is -2.49. The van der Waals surface area contributed by atoms with Crippen molar-refractivity contribution >= 4 is 17.9 Å². The van der Waals surface area contributed by atoms with Gasteiger partial charge in [-0.15, -0.1) is 0 Å². The van der Waals surface area contributed by atoms with Gasteiger partial charge < -0.3 is 29.2 Å². The minimum absolute atomic E-state index is 0.00513. The molecule has 4 heterocycles. The Morgan fingerprint density at radius 1 is 1.31 bits per heavy atom. The van der Waals surface area contributed by atoms with E-state index in [9.17, 15) is 24.6 Å². The maximum atomic E-state index is 12.9. The molecule has 0 radical (unpaired) electrons. The second kappa shape index (κ2) is 7.00. The van der Waals surface area contributed by atoms with Gasteiger partial charge in [0.25, 0.3) is 0 Å². The third kappa shape index (κ3) is 2.84. The summed E-state index contributed by atoms with van der Waals surface area (Å²) in [5.41, 5.74) is -5.91. The summed E-state index contributed by atoms with van der Waals surface area (Å²) in [6.07, 6.45) is 1.04. The third-order valence-corrected chi connectivity index (χ3v) is 7.28. The van der Waals surface area contributed by atoms with Crippen LogP contribution in [0.4, 0.5) is 0 Å². The molecule has 0 aromatic carbocycles. The van der Waals surface area contributed by atoms with Gasteiger partial charge >= 0.3 is 17.9 Å². The minimum Gasteiger partial charge on any atom is -0.456 e. The first-order chi connectivity index (χ1) is 14.9. The molecule has 2 N–H and O–H groups in total. The predicted molar refractivity (Wildman–Crippen MR) is 109 cm³/mol. The smallest absolute Gasteiger partial charge is 0.342 e. The van der Waals surface area contributed by atoms with Crippen LogP contribution in [0.5, 0.6) is 0 Å². The number of hydrogen-bond acceptors (Lipinski definition) is 9. The molecule has 9 heteroatoms. The molecule has 2 spiro atoms. The van der Waals surface area contributed by atoms with E-state index >= 15 is 0 Å². The Balaban J connectivity index is 1.95. The van der Waals surface area contributed by atoms with Crippen molar-refractivity contribution in [3.63, 3.8) is 0 Å². The van der Waals surface area contributed by atoms with E-state index in [1.807, 2.05) is 6.92 Å². The zero-order chi connectivity index (χ0) is 23.7. The molecule has 0 aromatic heterocycles. The molecule has 4 rings (SSSR count). The van der Waals surface area contributed by atoms with Crippen molar-refractivity contribution in [2.45, 2.75) is 75.0 Å². The fraction of sp³-hybridized carbons (Fsp3) is 0.609. The van der Waals surface area contributed by atoms with E-state index < -0.39 is 58.9 Å². The van der Waals surface area contributed by atoms with Gasteiger partial charge in [-0.2, -0.15) is 0 Å². The Labute approximate surface area is 185 Å². The maximum Gasteiger partial charge on any atom is 0.342 e. The van der Waals surface area contributed by atoms with Crippen LogP contribution in [-0.2, 0) is 33.3 Å². The monoisotopic (exact) mass is 448 g/mol. The summed E-state index contributed by atoms with van der Waals surface area (Å²) in [6, 6.07) is 0. The number of esters is 3. The topological polar surface area (TPSA) is 129 Å². The van der Waals surface area contributed by atoms with Crippen molar-refractivity contribution in [2.24, 2.45) is 5.92 Å². The number of ether oxygens (including phenoxy) is 4. The molecule has 32 heavy (non-hydrogen) atoms. The zero-order valence-electron chi connectivity index (χ0n) is 18.4. The fourth-order valence-electron chi connectivity index (χ4n) is 5.50. The summed E-state index contributed by atoms with van der Waals surface area (Å²) in [7, 11) is 0. The van der Waals surface area contributed by atoms with Gasteiger partial charge in [-0.05, 0) is 39.2 Å². The lowest BCUT2D eigenvalue weighted by molar-refractivity contribution is -0.282. The van der Waals surface area contributed by atoms with E-state index in [1.54, 1.807) is 13.8 Å². The van der Waals surface area contributed by atoms with Gasteiger partial charge in [0.1, 0.15) is 23.1 Å². The van der Waals surface area contributed by atoms with Gasteiger partial charge in [0.05, 0.1) is 29.3 Å². The molecule has 4 aliphatic rings. The lowest BCUT2D eigenvalue weighted by Gasteiger charge is -2.56. The molecular weight excluding hydrogens is 420 g/mol. The number of aliphatic hydroxyl groups excluding tert-OH is 1. The van der Waals surface area contributed by atoms with Crippen LogP contribution in [0.2, 0.25) is 0 Å².